The highest BCUT2D eigenvalue weighted by atomic mass is 16.2. The minimum atomic E-state index is -0.594. The Bertz CT molecular complexity index is 930. The van der Waals surface area contributed by atoms with Gasteiger partial charge in [0.2, 0.25) is 5.91 Å². The number of amides is 3. The summed E-state index contributed by atoms with van der Waals surface area (Å²) in [4.78, 5) is 40.3. The fraction of sp³-hybridized carbons (Fsp3) is 0.400. The Hall–Kier alpha value is -3.15. The third-order valence-corrected chi connectivity index (χ3v) is 6.13. The zero-order valence-corrected chi connectivity index (χ0v) is 17.8. The molecule has 1 heterocycles. The van der Waals surface area contributed by atoms with Gasteiger partial charge in [-0.1, -0.05) is 35.9 Å². The van der Waals surface area contributed by atoms with E-state index in [-0.39, 0.29) is 29.7 Å². The topological polar surface area (TPSA) is 78.5 Å². The molecule has 2 N–H and O–H groups in total. The van der Waals surface area contributed by atoms with Gasteiger partial charge in [-0.25, -0.2) is 0 Å². The van der Waals surface area contributed by atoms with Gasteiger partial charge in [-0.3, -0.25) is 14.4 Å². The largest absolute Gasteiger partial charge is 0.352 e. The Balaban J connectivity index is 1.42. The van der Waals surface area contributed by atoms with Crippen LogP contribution in [-0.2, 0) is 4.79 Å². The molecule has 2 aliphatic rings. The first-order chi connectivity index (χ1) is 15.0. The summed E-state index contributed by atoms with van der Waals surface area (Å²) >= 11 is 0. The molecule has 2 aromatic carbocycles. The fourth-order valence-electron chi connectivity index (χ4n) is 4.04. The molecule has 2 aromatic rings. The first-order valence-corrected chi connectivity index (χ1v) is 11.0. The normalized spacial score (nSPS) is 17.6. The van der Waals surface area contributed by atoms with Gasteiger partial charge in [-0.15, -0.1) is 0 Å². The Labute approximate surface area is 183 Å². The minimum Gasteiger partial charge on any atom is -0.352 e. The van der Waals surface area contributed by atoms with Crippen LogP contribution in [-0.4, -0.2) is 47.8 Å². The summed E-state index contributed by atoms with van der Waals surface area (Å²) in [6.07, 6.45) is 3.34. The minimum absolute atomic E-state index is 0.00651. The molecular weight excluding hydrogens is 390 g/mol. The second-order valence-corrected chi connectivity index (χ2v) is 8.60. The number of hydrogen-bond acceptors (Lipinski definition) is 3. The van der Waals surface area contributed by atoms with Crippen LogP contribution in [0.4, 0.5) is 0 Å². The zero-order valence-electron chi connectivity index (χ0n) is 17.8. The number of rotatable bonds is 6. The van der Waals surface area contributed by atoms with Crippen LogP contribution >= 0.6 is 0 Å². The average Bonchev–Trinajstić information content (AvgIpc) is 3.62. The van der Waals surface area contributed by atoms with E-state index in [0.29, 0.717) is 37.1 Å². The van der Waals surface area contributed by atoms with Crippen molar-refractivity contribution < 1.29 is 14.4 Å². The van der Waals surface area contributed by atoms with Gasteiger partial charge in [-0.05, 0) is 62.8 Å². The maximum Gasteiger partial charge on any atom is 0.253 e. The SMILES string of the molecule is Cc1ccc(C(=O)N[C@H](C(=O)NC2CC2)C2CCN(C(=O)c3ccccc3)CC2)cc1. The first-order valence-electron chi connectivity index (χ1n) is 11.0. The van der Waals surface area contributed by atoms with E-state index in [2.05, 4.69) is 10.6 Å². The predicted octanol–water partition coefficient (Wildman–Crippen LogP) is 2.92. The van der Waals surface area contributed by atoms with E-state index in [1.54, 1.807) is 12.1 Å². The van der Waals surface area contributed by atoms with Crippen molar-refractivity contribution in [2.24, 2.45) is 5.92 Å². The number of carbonyl (C=O) groups excluding carboxylic acids is 3. The monoisotopic (exact) mass is 419 g/mol. The fourth-order valence-corrected chi connectivity index (χ4v) is 4.04. The Morgan fingerprint density at radius 3 is 2.13 bits per heavy atom. The molecule has 162 valence electrons. The van der Waals surface area contributed by atoms with Gasteiger partial charge in [0.05, 0.1) is 0 Å². The van der Waals surface area contributed by atoms with Gasteiger partial charge >= 0.3 is 0 Å². The summed E-state index contributed by atoms with van der Waals surface area (Å²) < 4.78 is 0. The number of nitrogens with one attached hydrogen (secondary N) is 2. The molecule has 0 bridgehead atoms. The second-order valence-electron chi connectivity index (χ2n) is 8.60. The molecule has 3 amide bonds. The summed E-state index contributed by atoms with van der Waals surface area (Å²) in [6, 6.07) is 16.2. The van der Waals surface area contributed by atoms with Crippen LogP contribution < -0.4 is 10.6 Å². The molecule has 1 aliphatic heterocycles. The van der Waals surface area contributed by atoms with Crippen molar-refractivity contribution in [3.8, 4) is 0 Å². The molecule has 1 saturated heterocycles. The van der Waals surface area contributed by atoms with E-state index in [1.165, 1.54) is 0 Å². The van der Waals surface area contributed by atoms with E-state index in [1.807, 2.05) is 54.3 Å². The molecule has 0 unspecified atom stereocenters. The molecule has 0 aromatic heterocycles. The lowest BCUT2D eigenvalue weighted by Crippen LogP contribution is -2.54. The first kappa shape index (κ1) is 21.1. The van der Waals surface area contributed by atoms with Crippen molar-refractivity contribution >= 4 is 17.7 Å². The summed E-state index contributed by atoms with van der Waals surface area (Å²) in [7, 11) is 0. The molecule has 1 aliphatic carbocycles. The number of piperidine rings is 1. The zero-order chi connectivity index (χ0) is 21.8. The van der Waals surface area contributed by atoms with Gasteiger partial charge in [0.25, 0.3) is 11.8 Å². The lowest BCUT2D eigenvalue weighted by atomic mass is 9.88. The average molecular weight is 420 g/mol. The number of carbonyl (C=O) groups is 3. The number of likely N-dealkylation sites (tertiary alicyclic amines) is 1. The molecular formula is C25H29N3O3. The van der Waals surface area contributed by atoms with E-state index in [0.717, 1.165) is 18.4 Å². The van der Waals surface area contributed by atoms with Crippen LogP contribution in [0.25, 0.3) is 0 Å². The number of benzene rings is 2. The number of nitrogens with zero attached hydrogens (tertiary/aromatic N) is 1. The Morgan fingerprint density at radius 2 is 1.52 bits per heavy atom. The lowest BCUT2D eigenvalue weighted by molar-refractivity contribution is -0.124. The van der Waals surface area contributed by atoms with Gasteiger partial charge in [-0.2, -0.15) is 0 Å². The molecule has 1 atom stereocenters. The van der Waals surface area contributed by atoms with E-state index >= 15 is 0 Å². The smallest absolute Gasteiger partial charge is 0.253 e. The summed E-state index contributed by atoms with van der Waals surface area (Å²) in [5, 5.41) is 6.02. The van der Waals surface area contributed by atoms with Crippen LogP contribution in [0.1, 0.15) is 52.0 Å². The summed E-state index contributed by atoms with van der Waals surface area (Å²) in [6.45, 7) is 3.12. The van der Waals surface area contributed by atoms with Gasteiger partial charge in [0.15, 0.2) is 0 Å². The van der Waals surface area contributed by atoms with Crippen LogP contribution in [0.5, 0.6) is 0 Å². The van der Waals surface area contributed by atoms with Crippen molar-refractivity contribution in [2.45, 2.75) is 44.7 Å². The highest BCUT2D eigenvalue weighted by Gasteiger charge is 2.36. The van der Waals surface area contributed by atoms with Crippen molar-refractivity contribution in [1.82, 2.24) is 15.5 Å². The number of hydrogen-bond donors (Lipinski definition) is 2. The molecule has 6 nitrogen and oxygen atoms in total. The van der Waals surface area contributed by atoms with Crippen LogP contribution in [0.3, 0.4) is 0 Å². The van der Waals surface area contributed by atoms with E-state index in [9.17, 15) is 14.4 Å². The Morgan fingerprint density at radius 1 is 0.871 bits per heavy atom. The molecule has 6 heteroatoms. The predicted molar refractivity (Wildman–Crippen MR) is 119 cm³/mol. The van der Waals surface area contributed by atoms with E-state index in [4.69, 9.17) is 0 Å². The number of aryl methyl sites for hydroxylation is 1. The van der Waals surface area contributed by atoms with Gasteiger partial charge < -0.3 is 15.5 Å². The third kappa shape index (κ3) is 5.32. The van der Waals surface area contributed by atoms with Crippen LogP contribution in [0.15, 0.2) is 54.6 Å². The van der Waals surface area contributed by atoms with Crippen molar-refractivity contribution in [3.63, 3.8) is 0 Å². The third-order valence-electron chi connectivity index (χ3n) is 6.13. The maximum absolute atomic E-state index is 12.9. The van der Waals surface area contributed by atoms with Gasteiger partial charge in [0.1, 0.15) is 6.04 Å². The molecule has 0 radical (unpaired) electrons. The molecule has 2 fully saturated rings. The highest BCUT2D eigenvalue weighted by molar-refractivity contribution is 5.98. The van der Waals surface area contributed by atoms with Crippen LogP contribution in [0.2, 0.25) is 0 Å². The highest BCUT2D eigenvalue weighted by Crippen LogP contribution is 2.25. The summed E-state index contributed by atoms with van der Waals surface area (Å²) in [5.74, 6) is -0.343. The molecule has 4 rings (SSSR count). The van der Waals surface area contributed by atoms with E-state index < -0.39 is 6.04 Å². The maximum atomic E-state index is 12.9. The molecule has 31 heavy (non-hydrogen) atoms. The van der Waals surface area contributed by atoms with Crippen LogP contribution in [0, 0.1) is 12.8 Å². The second kappa shape index (κ2) is 9.33. The lowest BCUT2D eigenvalue weighted by Gasteiger charge is -2.36. The van der Waals surface area contributed by atoms with Crippen molar-refractivity contribution in [2.75, 3.05) is 13.1 Å². The van der Waals surface area contributed by atoms with Crippen molar-refractivity contribution in [1.29, 1.82) is 0 Å². The Kier molecular flexibility index (Phi) is 6.35. The summed E-state index contributed by atoms with van der Waals surface area (Å²) in [5.41, 5.74) is 2.30. The quantitative estimate of drug-likeness (QED) is 0.756. The van der Waals surface area contributed by atoms with Gasteiger partial charge in [0, 0.05) is 30.3 Å². The standard InChI is InChI=1S/C25H29N3O3/c1-17-7-9-19(10-8-17)23(29)27-22(24(30)26-21-11-12-21)18-13-15-28(16-14-18)25(31)20-5-3-2-4-6-20/h2-10,18,21-22H,11-16H2,1H3,(H,26,30)(H,27,29)/t22-/m0/s1. The van der Waals surface area contributed by atoms with Crippen molar-refractivity contribution in [3.05, 3.63) is 71.3 Å². The molecule has 1 saturated carbocycles. The molecule has 0 spiro atoms.